The molecule has 5 aromatic rings. The molecule has 5 rings (SSSR count). The predicted octanol–water partition coefficient (Wildman–Crippen LogP) is 10.2. The first-order valence-electron chi connectivity index (χ1n) is 12.8. The molecule has 0 spiro atoms. The maximum absolute atomic E-state index is 13.6. The van der Waals surface area contributed by atoms with Crippen molar-refractivity contribution in [3.05, 3.63) is 95.6 Å². The molecular formula is C30H16F9N3O5. The maximum Gasteiger partial charge on any atom is 0.511 e. The third-order valence-corrected chi connectivity index (χ3v) is 6.70. The summed E-state index contributed by atoms with van der Waals surface area (Å²) in [5.41, 5.74) is -7.18. The Morgan fingerprint density at radius 3 is 1.91 bits per heavy atom. The third-order valence-electron chi connectivity index (χ3n) is 6.70. The Balaban J connectivity index is 1.70. The Morgan fingerprint density at radius 1 is 0.702 bits per heavy atom. The Hall–Kier alpha value is -5.74. The van der Waals surface area contributed by atoms with Gasteiger partial charge in [-0.15, -0.1) is 10.2 Å². The SMILES string of the molecule is O=C(O)Oc1cccc(-c2cccc(N=Nc3c(O)n(-c4cc(C(F)(F)F)cc(C(F)(F)F)c4)c4cc(C(F)(F)F)ccc34)c2O)c1. The second-order valence-electron chi connectivity index (χ2n) is 9.77. The van der Waals surface area contributed by atoms with Crippen molar-refractivity contribution in [3.63, 3.8) is 0 Å². The first-order chi connectivity index (χ1) is 21.8. The smallest absolute Gasteiger partial charge is 0.505 e. The summed E-state index contributed by atoms with van der Waals surface area (Å²) in [5, 5.41) is 38.1. The molecule has 0 saturated heterocycles. The molecule has 0 aliphatic rings. The highest BCUT2D eigenvalue weighted by Crippen LogP contribution is 2.46. The molecule has 0 amide bonds. The van der Waals surface area contributed by atoms with Gasteiger partial charge in [-0.3, -0.25) is 4.57 Å². The molecule has 8 nitrogen and oxygen atoms in total. The molecule has 0 fully saturated rings. The number of aromatic nitrogens is 1. The van der Waals surface area contributed by atoms with Crippen molar-refractivity contribution in [1.82, 2.24) is 4.57 Å². The number of nitrogens with zero attached hydrogens (tertiary/aromatic N) is 3. The number of benzene rings is 4. The van der Waals surface area contributed by atoms with E-state index in [1.807, 2.05) is 0 Å². The van der Waals surface area contributed by atoms with Gasteiger partial charge in [0.15, 0.2) is 11.4 Å². The van der Waals surface area contributed by atoms with E-state index < -0.39 is 69.9 Å². The van der Waals surface area contributed by atoms with Crippen LogP contribution < -0.4 is 4.74 Å². The highest BCUT2D eigenvalue weighted by molar-refractivity contribution is 5.97. The van der Waals surface area contributed by atoms with Crippen LogP contribution in [0.25, 0.3) is 27.7 Å². The lowest BCUT2D eigenvalue weighted by Crippen LogP contribution is -2.12. The number of carbonyl (C=O) groups is 1. The number of alkyl halides is 9. The van der Waals surface area contributed by atoms with E-state index in [0.717, 1.165) is 6.07 Å². The molecule has 17 heteroatoms. The molecule has 3 N–H and O–H groups in total. The van der Waals surface area contributed by atoms with E-state index in [9.17, 15) is 54.5 Å². The summed E-state index contributed by atoms with van der Waals surface area (Å²) in [7, 11) is 0. The number of fused-ring (bicyclic) bond motifs is 1. The van der Waals surface area contributed by atoms with Gasteiger partial charge in [0.2, 0.25) is 5.88 Å². The molecule has 0 aliphatic carbocycles. The minimum Gasteiger partial charge on any atom is -0.505 e. The van der Waals surface area contributed by atoms with Crippen LogP contribution in [0.1, 0.15) is 16.7 Å². The predicted molar refractivity (Wildman–Crippen MR) is 146 cm³/mol. The first kappa shape index (κ1) is 32.6. The summed E-state index contributed by atoms with van der Waals surface area (Å²) in [6.07, 6.45) is -17.2. The van der Waals surface area contributed by atoms with Crippen molar-refractivity contribution in [2.45, 2.75) is 18.5 Å². The number of aromatic hydroxyl groups is 2. The van der Waals surface area contributed by atoms with Gasteiger partial charge < -0.3 is 20.1 Å². The largest absolute Gasteiger partial charge is 0.511 e. The van der Waals surface area contributed by atoms with Crippen molar-refractivity contribution >= 4 is 28.4 Å². The van der Waals surface area contributed by atoms with Crippen LogP contribution >= 0.6 is 0 Å². The fourth-order valence-electron chi connectivity index (χ4n) is 4.64. The van der Waals surface area contributed by atoms with Gasteiger partial charge in [-0.1, -0.05) is 24.3 Å². The van der Waals surface area contributed by atoms with Crippen LogP contribution in [0.15, 0.2) is 89.1 Å². The van der Waals surface area contributed by atoms with Gasteiger partial charge in [0.25, 0.3) is 0 Å². The number of para-hydroxylation sites is 1. The Morgan fingerprint density at radius 2 is 1.32 bits per heavy atom. The second kappa shape index (κ2) is 11.6. The van der Waals surface area contributed by atoms with E-state index in [1.54, 1.807) is 0 Å². The Bertz CT molecular complexity index is 2020. The normalized spacial score (nSPS) is 12.6. The molecule has 0 aliphatic heterocycles. The molecule has 1 aromatic heterocycles. The summed E-state index contributed by atoms with van der Waals surface area (Å²) >= 11 is 0. The molecule has 4 aromatic carbocycles. The molecule has 0 radical (unpaired) electrons. The summed E-state index contributed by atoms with van der Waals surface area (Å²) in [6.45, 7) is 0. The quantitative estimate of drug-likeness (QED) is 0.0745. The number of hydrogen-bond acceptors (Lipinski definition) is 6. The van der Waals surface area contributed by atoms with E-state index in [0.29, 0.717) is 16.7 Å². The summed E-state index contributed by atoms with van der Waals surface area (Å²) < 4.78 is 127. The van der Waals surface area contributed by atoms with Crippen molar-refractivity contribution < 1.29 is 64.4 Å². The average molecular weight is 669 g/mol. The summed E-state index contributed by atoms with van der Waals surface area (Å²) in [5.74, 6) is -1.80. The van der Waals surface area contributed by atoms with Gasteiger partial charge in [-0.05, 0) is 60.2 Å². The van der Waals surface area contributed by atoms with Gasteiger partial charge in [0, 0.05) is 10.9 Å². The van der Waals surface area contributed by atoms with E-state index in [1.165, 1.54) is 42.5 Å². The van der Waals surface area contributed by atoms with Crippen LogP contribution in [-0.4, -0.2) is 26.0 Å². The monoisotopic (exact) mass is 669 g/mol. The number of halogens is 9. The van der Waals surface area contributed by atoms with Crippen LogP contribution in [0.4, 0.5) is 55.7 Å². The lowest BCUT2D eigenvalue weighted by molar-refractivity contribution is -0.143. The van der Waals surface area contributed by atoms with E-state index in [-0.39, 0.29) is 46.1 Å². The zero-order chi connectivity index (χ0) is 34.5. The van der Waals surface area contributed by atoms with Crippen LogP contribution in [0.3, 0.4) is 0 Å². The van der Waals surface area contributed by atoms with Gasteiger partial charge in [-0.25, -0.2) is 4.79 Å². The lowest BCUT2D eigenvalue weighted by Gasteiger charge is -2.16. The Kier molecular flexibility index (Phi) is 8.03. The first-order valence-corrected chi connectivity index (χ1v) is 12.8. The van der Waals surface area contributed by atoms with Crippen LogP contribution in [-0.2, 0) is 18.5 Å². The molecule has 0 saturated carbocycles. The van der Waals surface area contributed by atoms with E-state index in [4.69, 9.17) is 5.11 Å². The molecule has 0 atom stereocenters. The number of rotatable bonds is 5. The molecule has 244 valence electrons. The number of phenolic OH excluding ortho intramolecular Hbond substituents is 1. The lowest BCUT2D eigenvalue weighted by atomic mass is 10.0. The zero-order valence-corrected chi connectivity index (χ0v) is 22.9. The van der Waals surface area contributed by atoms with E-state index >= 15 is 0 Å². The van der Waals surface area contributed by atoms with Crippen molar-refractivity contribution in [3.8, 4) is 34.2 Å². The molecule has 0 unspecified atom stereocenters. The minimum atomic E-state index is -5.31. The van der Waals surface area contributed by atoms with Gasteiger partial charge in [0.1, 0.15) is 11.4 Å². The number of carboxylic acid groups (broad SMARTS) is 1. The summed E-state index contributed by atoms with van der Waals surface area (Å²) in [6, 6.07) is 11.5. The minimum absolute atomic E-state index is 0.0856. The van der Waals surface area contributed by atoms with Gasteiger partial charge >= 0.3 is 24.7 Å². The van der Waals surface area contributed by atoms with Crippen LogP contribution in [0, 0.1) is 0 Å². The van der Waals surface area contributed by atoms with Crippen molar-refractivity contribution in [1.29, 1.82) is 0 Å². The topological polar surface area (TPSA) is 117 Å². The van der Waals surface area contributed by atoms with Crippen molar-refractivity contribution in [2.75, 3.05) is 0 Å². The van der Waals surface area contributed by atoms with Crippen molar-refractivity contribution in [2.24, 2.45) is 10.2 Å². The molecule has 1 heterocycles. The summed E-state index contributed by atoms with van der Waals surface area (Å²) in [4.78, 5) is 10.9. The number of ether oxygens (including phenoxy) is 1. The third kappa shape index (κ3) is 6.63. The van der Waals surface area contributed by atoms with Gasteiger partial charge in [0.05, 0.1) is 27.9 Å². The molecule has 47 heavy (non-hydrogen) atoms. The fraction of sp³-hybridized carbons (Fsp3) is 0.100. The average Bonchev–Trinajstić information content (AvgIpc) is 3.25. The molecular weight excluding hydrogens is 653 g/mol. The van der Waals surface area contributed by atoms with Crippen LogP contribution in [0.5, 0.6) is 17.4 Å². The van der Waals surface area contributed by atoms with Crippen LogP contribution in [0.2, 0.25) is 0 Å². The Labute approximate surface area is 256 Å². The fourth-order valence-corrected chi connectivity index (χ4v) is 4.64. The highest BCUT2D eigenvalue weighted by Gasteiger charge is 2.38. The zero-order valence-electron chi connectivity index (χ0n) is 22.9. The number of phenols is 1. The number of azo groups is 1. The standard InChI is InChI=1S/C30H16F9N3O5/c31-28(32,33)15-7-8-21-23(13-15)42(18-11-16(29(34,35)36)10-17(12-18)30(37,38)39)26(44)24(21)41-40-22-6-2-5-20(25(22)43)14-3-1-4-19(9-14)47-27(45)46/h1-13,43-44H,(H,45,46). The van der Waals surface area contributed by atoms with Gasteiger partial charge in [-0.2, -0.15) is 39.5 Å². The molecule has 0 bridgehead atoms. The maximum atomic E-state index is 13.6. The second-order valence-corrected chi connectivity index (χ2v) is 9.77. The number of hydrogen-bond donors (Lipinski definition) is 3. The van der Waals surface area contributed by atoms with E-state index in [2.05, 4.69) is 15.0 Å². The highest BCUT2D eigenvalue weighted by atomic mass is 19.4.